The molecular weight excluding hydrogens is 312 g/mol. The van der Waals surface area contributed by atoms with E-state index in [9.17, 15) is 4.79 Å². The van der Waals surface area contributed by atoms with E-state index in [-0.39, 0.29) is 0 Å². The molecule has 0 radical (unpaired) electrons. The van der Waals surface area contributed by atoms with Gasteiger partial charge in [0.1, 0.15) is 11.4 Å². The summed E-state index contributed by atoms with van der Waals surface area (Å²) in [4.78, 5) is 15.5. The minimum absolute atomic E-state index is 0.389. The van der Waals surface area contributed by atoms with Gasteiger partial charge >= 0.3 is 6.09 Å². The fourth-order valence-corrected chi connectivity index (χ4v) is 1.65. The Kier molecular flexibility index (Phi) is 6.64. The molecule has 6 nitrogen and oxygen atoms in total. The van der Waals surface area contributed by atoms with Crippen LogP contribution in [0.5, 0.6) is 0 Å². The maximum absolute atomic E-state index is 11.4. The third-order valence-corrected chi connectivity index (χ3v) is 2.52. The minimum Gasteiger partial charge on any atom is -0.444 e. The van der Waals surface area contributed by atoms with Crippen LogP contribution in [0.2, 0.25) is 5.02 Å². The van der Waals surface area contributed by atoms with Gasteiger partial charge in [0.15, 0.2) is 5.11 Å². The van der Waals surface area contributed by atoms with Crippen LogP contribution in [0.1, 0.15) is 20.8 Å². The lowest BCUT2D eigenvalue weighted by molar-refractivity contribution is 0.0529. The smallest absolute Gasteiger partial charge is 0.407 e. The number of halogens is 1. The molecule has 0 aromatic carbocycles. The highest BCUT2D eigenvalue weighted by molar-refractivity contribution is 7.80. The zero-order chi connectivity index (χ0) is 15.9. The van der Waals surface area contributed by atoms with Gasteiger partial charge in [0, 0.05) is 24.3 Å². The number of hydrogen-bond acceptors (Lipinski definition) is 4. The number of carbonyl (C=O) groups is 1. The molecule has 0 fully saturated rings. The van der Waals surface area contributed by atoms with Crippen LogP contribution in [-0.4, -0.2) is 34.9 Å². The van der Waals surface area contributed by atoms with Crippen LogP contribution in [0.25, 0.3) is 0 Å². The van der Waals surface area contributed by atoms with Crippen LogP contribution >= 0.6 is 23.8 Å². The van der Waals surface area contributed by atoms with Gasteiger partial charge in [-0.3, -0.25) is 0 Å². The molecule has 0 aliphatic rings. The average molecular weight is 331 g/mol. The van der Waals surface area contributed by atoms with Gasteiger partial charge in [0.05, 0.1) is 0 Å². The van der Waals surface area contributed by atoms with Crippen LogP contribution in [-0.2, 0) is 4.74 Å². The van der Waals surface area contributed by atoms with Crippen molar-refractivity contribution in [3.05, 3.63) is 23.4 Å². The maximum atomic E-state index is 11.4. The highest BCUT2D eigenvalue weighted by Crippen LogP contribution is 2.11. The number of nitrogens with one attached hydrogen (secondary N) is 3. The summed E-state index contributed by atoms with van der Waals surface area (Å²) in [5, 5.41) is 9.42. The molecule has 0 unspecified atom stereocenters. The maximum Gasteiger partial charge on any atom is 0.407 e. The zero-order valence-electron chi connectivity index (χ0n) is 12.2. The lowest BCUT2D eigenvalue weighted by Crippen LogP contribution is -2.39. The number of amides is 1. The summed E-state index contributed by atoms with van der Waals surface area (Å²) in [5.74, 6) is 0.556. The van der Waals surface area contributed by atoms with Crippen molar-refractivity contribution in [2.75, 3.05) is 18.4 Å². The van der Waals surface area contributed by atoms with Crippen LogP contribution in [0.3, 0.4) is 0 Å². The number of ether oxygens (including phenoxy) is 1. The SMILES string of the molecule is CC(C)(C)OC(=O)NCCNC(=S)Nc1cc(Cl)ccn1. The first-order valence-corrected chi connectivity index (χ1v) is 7.18. The topological polar surface area (TPSA) is 75.3 Å². The van der Waals surface area contributed by atoms with Crippen LogP contribution in [0.15, 0.2) is 18.3 Å². The Hall–Kier alpha value is -1.60. The first kappa shape index (κ1) is 17.5. The molecular formula is C13H19ClN4O2S. The van der Waals surface area contributed by atoms with E-state index in [0.717, 1.165) is 0 Å². The molecule has 21 heavy (non-hydrogen) atoms. The summed E-state index contributed by atoms with van der Waals surface area (Å²) in [5.41, 5.74) is -0.507. The Bertz CT molecular complexity index is 505. The van der Waals surface area contributed by atoms with E-state index in [4.69, 9.17) is 28.6 Å². The fourth-order valence-electron chi connectivity index (χ4n) is 1.29. The predicted molar refractivity (Wildman–Crippen MR) is 87.7 cm³/mol. The monoisotopic (exact) mass is 330 g/mol. The molecule has 0 atom stereocenters. The molecule has 0 saturated carbocycles. The highest BCUT2D eigenvalue weighted by atomic mass is 35.5. The molecule has 8 heteroatoms. The van der Waals surface area contributed by atoms with Crippen molar-refractivity contribution in [3.8, 4) is 0 Å². The van der Waals surface area contributed by atoms with Crippen molar-refractivity contribution in [3.63, 3.8) is 0 Å². The van der Waals surface area contributed by atoms with Gasteiger partial charge in [-0.05, 0) is 45.1 Å². The standard InChI is InChI=1S/C13H19ClN4O2S/c1-13(2,3)20-12(19)17-7-6-16-11(21)18-10-8-9(14)4-5-15-10/h4-5,8H,6-7H2,1-3H3,(H,17,19)(H2,15,16,18,21). The number of carbonyl (C=O) groups excluding carboxylic acids is 1. The van der Waals surface area contributed by atoms with Gasteiger partial charge in [-0.25, -0.2) is 9.78 Å². The third-order valence-electron chi connectivity index (χ3n) is 2.04. The van der Waals surface area contributed by atoms with E-state index < -0.39 is 11.7 Å². The van der Waals surface area contributed by atoms with Crippen molar-refractivity contribution in [2.24, 2.45) is 0 Å². The van der Waals surface area contributed by atoms with Gasteiger partial charge in [0.2, 0.25) is 0 Å². The molecule has 1 heterocycles. The number of thiocarbonyl (C=S) groups is 1. The predicted octanol–water partition coefficient (Wildman–Crippen LogP) is 2.55. The first-order chi connectivity index (χ1) is 9.76. The van der Waals surface area contributed by atoms with E-state index in [1.54, 1.807) is 18.3 Å². The summed E-state index contributed by atoms with van der Waals surface area (Å²) in [7, 11) is 0. The molecule has 0 saturated heterocycles. The number of alkyl carbamates (subject to hydrolysis) is 1. The average Bonchev–Trinajstić information content (AvgIpc) is 2.32. The Morgan fingerprint density at radius 1 is 1.38 bits per heavy atom. The molecule has 1 rings (SSSR count). The Morgan fingerprint density at radius 3 is 2.67 bits per heavy atom. The lowest BCUT2D eigenvalue weighted by atomic mass is 10.2. The largest absolute Gasteiger partial charge is 0.444 e. The second-order valence-electron chi connectivity index (χ2n) is 5.17. The van der Waals surface area contributed by atoms with Crippen molar-refractivity contribution >= 4 is 40.8 Å². The number of anilines is 1. The molecule has 116 valence electrons. The first-order valence-electron chi connectivity index (χ1n) is 6.39. The summed E-state index contributed by atoms with van der Waals surface area (Å²) in [6.07, 6.45) is 1.12. The fraction of sp³-hybridized carbons (Fsp3) is 0.462. The summed E-state index contributed by atoms with van der Waals surface area (Å²) in [6.45, 7) is 6.27. The molecule has 0 aliphatic heterocycles. The number of hydrogen-bond donors (Lipinski definition) is 3. The third kappa shape index (κ3) is 8.31. The van der Waals surface area contributed by atoms with E-state index in [1.165, 1.54) is 0 Å². The molecule has 3 N–H and O–H groups in total. The van der Waals surface area contributed by atoms with E-state index >= 15 is 0 Å². The summed E-state index contributed by atoms with van der Waals surface area (Å²) in [6, 6.07) is 3.34. The van der Waals surface area contributed by atoms with Gasteiger partial charge in [0.25, 0.3) is 0 Å². The Morgan fingerprint density at radius 2 is 2.05 bits per heavy atom. The van der Waals surface area contributed by atoms with E-state index in [0.29, 0.717) is 29.0 Å². The molecule has 1 aromatic rings. The Labute approximate surface area is 134 Å². The second-order valence-corrected chi connectivity index (χ2v) is 6.01. The van der Waals surface area contributed by atoms with Crippen molar-refractivity contribution in [1.82, 2.24) is 15.6 Å². The van der Waals surface area contributed by atoms with Gasteiger partial charge in [-0.2, -0.15) is 0 Å². The second kappa shape index (κ2) is 7.99. The van der Waals surface area contributed by atoms with Crippen LogP contribution in [0.4, 0.5) is 10.6 Å². The lowest BCUT2D eigenvalue weighted by Gasteiger charge is -2.19. The van der Waals surface area contributed by atoms with Gasteiger partial charge < -0.3 is 20.7 Å². The highest BCUT2D eigenvalue weighted by Gasteiger charge is 2.15. The summed E-state index contributed by atoms with van der Waals surface area (Å²) < 4.78 is 5.10. The number of nitrogens with zero attached hydrogens (tertiary/aromatic N) is 1. The molecule has 1 amide bonds. The number of rotatable bonds is 4. The van der Waals surface area contributed by atoms with Gasteiger partial charge in [-0.15, -0.1) is 0 Å². The van der Waals surface area contributed by atoms with Crippen molar-refractivity contribution in [1.29, 1.82) is 0 Å². The quantitative estimate of drug-likeness (QED) is 0.582. The van der Waals surface area contributed by atoms with Gasteiger partial charge in [-0.1, -0.05) is 11.6 Å². The van der Waals surface area contributed by atoms with Crippen molar-refractivity contribution < 1.29 is 9.53 Å². The molecule has 0 bridgehead atoms. The van der Waals surface area contributed by atoms with Crippen LogP contribution in [0, 0.1) is 0 Å². The van der Waals surface area contributed by atoms with E-state index in [1.807, 2.05) is 20.8 Å². The number of pyridine rings is 1. The van der Waals surface area contributed by atoms with E-state index in [2.05, 4.69) is 20.9 Å². The summed E-state index contributed by atoms with van der Waals surface area (Å²) >= 11 is 10.9. The molecule has 1 aromatic heterocycles. The molecule has 0 spiro atoms. The number of aromatic nitrogens is 1. The normalized spacial score (nSPS) is 10.7. The molecule has 0 aliphatic carbocycles. The van der Waals surface area contributed by atoms with Crippen LogP contribution < -0.4 is 16.0 Å². The zero-order valence-corrected chi connectivity index (χ0v) is 13.8. The van der Waals surface area contributed by atoms with Crippen molar-refractivity contribution in [2.45, 2.75) is 26.4 Å². The Balaban J connectivity index is 2.21. The minimum atomic E-state index is -0.507.